The molecular weight excluding hydrogens is 212 g/mol. The van der Waals surface area contributed by atoms with E-state index in [2.05, 4.69) is 28.1 Å². The molecule has 0 spiro atoms. The van der Waals surface area contributed by atoms with E-state index in [9.17, 15) is 0 Å². The fraction of sp³-hybridized carbons (Fsp3) is 0.385. The highest BCUT2D eigenvalue weighted by Gasteiger charge is 2.10. The van der Waals surface area contributed by atoms with Crippen molar-refractivity contribution in [2.24, 2.45) is 5.10 Å². The molecule has 1 saturated heterocycles. The van der Waals surface area contributed by atoms with Crippen LogP contribution in [0.15, 0.2) is 29.4 Å². The van der Waals surface area contributed by atoms with E-state index in [1.165, 1.54) is 0 Å². The summed E-state index contributed by atoms with van der Waals surface area (Å²) in [7, 11) is 2.13. The van der Waals surface area contributed by atoms with E-state index in [1.807, 2.05) is 30.5 Å². The van der Waals surface area contributed by atoms with Crippen molar-refractivity contribution >= 4 is 6.21 Å². The van der Waals surface area contributed by atoms with Crippen molar-refractivity contribution in [2.75, 3.05) is 33.2 Å². The van der Waals surface area contributed by atoms with Gasteiger partial charge in [-0.3, -0.25) is 5.01 Å². The first kappa shape index (κ1) is 11.6. The number of hydrazone groups is 1. The second-order valence-corrected chi connectivity index (χ2v) is 4.24. The molecule has 4 heteroatoms. The molecule has 0 aromatic heterocycles. The molecule has 4 nitrogen and oxygen atoms in total. The monoisotopic (exact) mass is 228 g/mol. The number of rotatable bonds is 2. The molecule has 1 aromatic rings. The molecule has 0 amide bonds. The second kappa shape index (κ2) is 5.46. The summed E-state index contributed by atoms with van der Waals surface area (Å²) in [4.78, 5) is 2.30. The number of piperazine rings is 1. The zero-order valence-corrected chi connectivity index (χ0v) is 10.0. The molecule has 0 aliphatic carbocycles. The van der Waals surface area contributed by atoms with E-state index in [0.717, 1.165) is 31.7 Å². The summed E-state index contributed by atoms with van der Waals surface area (Å²) in [6, 6.07) is 9.56. The van der Waals surface area contributed by atoms with Crippen molar-refractivity contribution in [1.29, 1.82) is 5.26 Å². The van der Waals surface area contributed by atoms with Gasteiger partial charge in [-0.05, 0) is 24.7 Å². The third-order valence-electron chi connectivity index (χ3n) is 2.89. The highest BCUT2D eigenvalue weighted by molar-refractivity contribution is 5.79. The van der Waals surface area contributed by atoms with Crippen molar-refractivity contribution < 1.29 is 0 Å². The number of likely N-dealkylation sites (N-methyl/N-ethyl adjacent to an activating group) is 1. The van der Waals surface area contributed by atoms with Crippen molar-refractivity contribution in [3.63, 3.8) is 0 Å². The number of benzene rings is 1. The molecule has 2 rings (SSSR count). The van der Waals surface area contributed by atoms with Gasteiger partial charge in [-0.1, -0.05) is 12.1 Å². The molecule has 1 aliphatic rings. The van der Waals surface area contributed by atoms with E-state index < -0.39 is 0 Å². The van der Waals surface area contributed by atoms with Gasteiger partial charge in [-0.2, -0.15) is 10.4 Å². The summed E-state index contributed by atoms with van der Waals surface area (Å²) in [5, 5.41) is 15.2. The first-order chi connectivity index (χ1) is 8.28. The van der Waals surface area contributed by atoms with Gasteiger partial charge in [0.2, 0.25) is 0 Å². The summed E-state index contributed by atoms with van der Waals surface area (Å²) in [5.74, 6) is 0. The molecule has 0 N–H and O–H groups in total. The van der Waals surface area contributed by atoms with E-state index in [-0.39, 0.29) is 0 Å². The molecule has 1 aliphatic heterocycles. The topological polar surface area (TPSA) is 42.6 Å². The minimum absolute atomic E-state index is 0.682. The lowest BCUT2D eigenvalue weighted by molar-refractivity contribution is 0.159. The quantitative estimate of drug-likeness (QED) is 0.713. The molecule has 0 radical (unpaired) electrons. The van der Waals surface area contributed by atoms with E-state index in [4.69, 9.17) is 5.26 Å². The second-order valence-electron chi connectivity index (χ2n) is 4.24. The van der Waals surface area contributed by atoms with E-state index in [0.29, 0.717) is 5.56 Å². The Morgan fingerprint density at radius 2 is 1.82 bits per heavy atom. The fourth-order valence-corrected chi connectivity index (χ4v) is 1.70. The molecule has 1 heterocycles. The number of hydrogen-bond donors (Lipinski definition) is 0. The van der Waals surface area contributed by atoms with Gasteiger partial charge in [0.25, 0.3) is 0 Å². The molecule has 17 heavy (non-hydrogen) atoms. The zero-order valence-electron chi connectivity index (χ0n) is 10.0. The van der Waals surface area contributed by atoms with Crippen LogP contribution in [0, 0.1) is 11.3 Å². The maximum absolute atomic E-state index is 8.69. The lowest BCUT2D eigenvalue weighted by Crippen LogP contribution is -2.41. The van der Waals surface area contributed by atoms with Gasteiger partial charge in [0.15, 0.2) is 0 Å². The average molecular weight is 228 g/mol. The minimum atomic E-state index is 0.682. The Morgan fingerprint density at radius 1 is 1.18 bits per heavy atom. The average Bonchev–Trinajstić information content (AvgIpc) is 2.39. The van der Waals surface area contributed by atoms with Crippen molar-refractivity contribution in [2.45, 2.75) is 0 Å². The molecule has 0 atom stereocenters. The van der Waals surface area contributed by atoms with Gasteiger partial charge in [-0.25, -0.2) is 0 Å². The largest absolute Gasteiger partial charge is 0.303 e. The Balaban J connectivity index is 1.93. The van der Waals surface area contributed by atoms with E-state index >= 15 is 0 Å². The first-order valence-electron chi connectivity index (χ1n) is 5.75. The van der Waals surface area contributed by atoms with Crippen molar-refractivity contribution in [1.82, 2.24) is 9.91 Å². The third kappa shape index (κ3) is 3.30. The lowest BCUT2D eigenvalue weighted by Gasteiger charge is -2.30. The SMILES string of the molecule is CN1CCN(/N=C\c2ccc(C#N)cc2)CC1. The first-order valence-corrected chi connectivity index (χ1v) is 5.75. The highest BCUT2D eigenvalue weighted by Crippen LogP contribution is 2.03. The van der Waals surface area contributed by atoms with Crippen LogP contribution in [-0.2, 0) is 0 Å². The standard InChI is InChI=1S/C13H16N4/c1-16-6-8-17(9-7-16)15-11-13-4-2-12(10-14)3-5-13/h2-5,11H,6-9H2,1H3/b15-11-. The summed E-state index contributed by atoms with van der Waals surface area (Å²) in [6.07, 6.45) is 1.85. The molecular formula is C13H16N4. The fourth-order valence-electron chi connectivity index (χ4n) is 1.70. The maximum atomic E-state index is 8.69. The minimum Gasteiger partial charge on any atom is -0.303 e. The molecule has 1 aromatic carbocycles. The number of nitriles is 1. The van der Waals surface area contributed by atoms with Crippen molar-refractivity contribution in [3.05, 3.63) is 35.4 Å². The van der Waals surface area contributed by atoms with Crippen LogP contribution >= 0.6 is 0 Å². The molecule has 0 bridgehead atoms. The Hall–Kier alpha value is -1.86. The van der Waals surface area contributed by atoms with Gasteiger partial charge in [-0.15, -0.1) is 0 Å². The number of nitrogens with zero attached hydrogens (tertiary/aromatic N) is 4. The number of hydrogen-bond acceptors (Lipinski definition) is 4. The summed E-state index contributed by atoms with van der Waals surface area (Å²) < 4.78 is 0. The van der Waals surface area contributed by atoms with Crippen LogP contribution < -0.4 is 0 Å². The smallest absolute Gasteiger partial charge is 0.0991 e. The lowest BCUT2D eigenvalue weighted by atomic mass is 10.2. The van der Waals surface area contributed by atoms with E-state index in [1.54, 1.807) is 0 Å². The molecule has 88 valence electrons. The third-order valence-corrected chi connectivity index (χ3v) is 2.89. The Kier molecular flexibility index (Phi) is 3.73. The van der Waals surface area contributed by atoms with Crippen LogP contribution in [0.25, 0.3) is 0 Å². The van der Waals surface area contributed by atoms with Crippen LogP contribution in [0.1, 0.15) is 11.1 Å². The highest BCUT2D eigenvalue weighted by atomic mass is 15.5. The van der Waals surface area contributed by atoms with Crippen molar-refractivity contribution in [3.8, 4) is 6.07 Å². The van der Waals surface area contributed by atoms with Crippen LogP contribution in [-0.4, -0.2) is 49.4 Å². The Morgan fingerprint density at radius 3 is 2.41 bits per heavy atom. The van der Waals surface area contributed by atoms with Crippen LogP contribution in [0.3, 0.4) is 0 Å². The molecule has 0 unspecified atom stereocenters. The Bertz CT molecular complexity index is 422. The van der Waals surface area contributed by atoms with Gasteiger partial charge < -0.3 is 4.90 Å². The zero-order chi connectivity index (χ0) is 12.1. The van der Waals surface area contributed by atoms with Crippen LogP contribution in [0.2, 0.25) is 0 Å². The predicted octanol–water partition coefficient (Wildman–Crippen LogP) is 1.14. The molecule has 1 fully saturated rings. The maximum Gasteiger partial charge on any atom is 0.0991 e. The van der Waals surface area contributed by atoms with Crippen LogP contribution in [0.4, 0.5) is 0 Å². The van der Waals surface area contributed by atoms with Gasteiger partial charge in [0.05, 0.1) is 17.8 Å². The summed E-state index contributed by atoms with van der Waals surface area (Å²) in [6.45, 7) is 4.07. The summed E-state index contributed by atoms with van der Waals surface area (Å²) in [5.41, 5.74) is 1.71. The normalized spacial score (nSPS) is 17.3. The Labute approximate surface area is 102 Å². The van der Waals surface area contributed by atoms with Crippen LogP contribution in [0.5, 0.6) is 0 Å². The van der Waals surface area contributed by atoms with Gasteiger partial charge >= 0.3 is 0 Å². The van der Waals surface area contributed by atoms with Gasteiger partial charge in [0, 0.05) is 26.2 Å². The molecule has 0 saturated carbocycles. The predicted molar refractivity (Wildman–Crippen MR) is 67.8 cm³/mol. The summed E-state index contributed by atoms with van der Waals surface area (Å²) >= 11 is 0. The van der Waals surface area contributed by atoms with Gasteiger partial charge in [0.1, 0.15) is 0 Å².